The molecule has 0 radical (unpaired) electrons. The summed E-state index contributed by atoms with van der Waals surface area (Å²) < 4.78 is 0. The zero-order chi connectivity index (χ0) is 14.9. The molecule has 1 fully saturated rings. The molecule has 1 saturated carbocycles. The first-order valence-electron chi connectivity index (χ1n) is 6.96. The fourth-order valence-electron chi connectivity index (χ4n) is 2.53. The third-order valence-corrected chi connectivity index (χ3v) is 4.11. The second kappa shape index (κ2) is 5.29. The topological polar surface area (TPSA) is 95.3 Å². The Balaban J connectivity index is 1.84. The number of fused-ring (bicyclic) bond motifs is 1. The Morgan fingerprint density at radius 1 is 1.33 bits per heavy atom. The molecule has 1 aromatic carbocycles. The van der Waals surface area contributed by atoms with Crippen molar-refractivity contribution in [1.29, 1.82) is 0 Å². The average molecular weight is 287 g/mol. The predicted octanol–water partition coefficient (Wildman–Crippen LogP) is 1.90. The number of carbonyl (C=O) groups is 1. The zero-order valence-electron chi connectivity index (χ0n) is 11.5. The van der Waals surface area contributed by atoms with Crippen molar-refractivity contribution in [3.8, 4) is 0 Å². The van der Waals surface area contributed by atoms with Gasteiger partial charge in [-0.1, -0.05) is 0 Å². The number of aliphatic hydroxyl groups is 1. The van der Waals surface area contributed by atoms with Crippen LogP contribution in [-0.4, -0.2) is 39.3 Å². The smallest absolute Gasteiger partial charge is 0.335 e. The molecule has 6 heteroatoms. The van der Waals surface area contributed by atoms with E-state index in [2.05, 4.69) is 15.3 Å². The van der Waals surface area contributed by atoms with E-state index in [0.29, 0.717) is 11.3 Å². The molecule has 6 nitrogen and oxygen atoms in total. The summed E-state index contributed by atoms with van der Waals surface area (Å²) in [6.45, 7) is 0.967. The minimum absolute atomic E-state index is 0.188. The SMILES string of the molecule is O=C(O)c1ccc2c(NCC3(CCO)CC3)ncnc2c1. The van der Waals surface area contributed by atoms with Crippen LogP contribution in [0.15, 0.2) is 24.5 Å². The molecule has 1 aliphatic rings. The Kier molecular flexibility index (Phi) is 3.47. The number of benzene rings is 1. The van der Waals surface area contributed by atoms with Gasteiger partial charge in [0.25, 0.3) is 0 Å². The molecule has 110 valence electrons. The summed E-state index contributed by atoms with van der Waals surface area (Å²) in [6, 6.07) is 4.83. The van der Waals surface area contributed by atoms with Crippen molar-refractivity contribution < 1.29 is 15.0 Å². The van der Waals surface area contributed by atoms with Gasteiger partial charge in [-0.05, 0) is 42.9 Å². The van der Waals surface area contributed by atoms with E-state index in [1.165, 1.54) is 6.33 Å². The number of hydrogen-bond donors (Lipinski definition) is 3. The Labute approximate surface area is 121 Å². The second-order valence-electron chi connectivity index (χ2n) is 5.59. The van der Waals surface area contributed by atoms with Crippen LogP contribution >= 0.6 is 0 Å². The van der Waals surface area contributed by atoms with Crippen molar-refractivity contribution in [2.75, 3.05) is 18.5 Å². The van der Waals surface area contributed by atoms with Crippen LogP contribution in [0.1, 0.15) is 29.6 Å². The van der Waals surface area contributed by atoms with Crippen LogP contribution in [0.5, 0.6) is 0 Å². The molecule has 1 heterocycles. The van der Waals surface area contributed by atoms with Gasteiger partial charge < -0.3 is 15.5 Å². The summed E-state index contributed by atoms with van der Waals surface area (Å²) in [5.41, 5.74) is 1.01. The number of carboxylic acid groups (broad SMARTS) is 1. The maximum Gasteiger partial charge on any atom is 0.335 e. The first-order valence-corrected chi connectivity index (χ1v) is 6.96. The highest BCUT2D eigenvalue weighted by Gasteiger charge is 2.41. The number of carboxylic acids is 1. The quantitative estimate of drug-likeness (QED) is 0.751. The highest BCUT2D eigenvalue weighted by molar-refractivity contribution is 5.96. The normalized spacial score (nSPS) is 15.9. The number of rotatable bonds is 6. The highest BCUT2D eigenvalue weighted by atomic mass is 16.4. The summed E-state index contributed by atoms with van der Waals surface area (Å²) in [7, 11) is 0. The summed E-state index contributed by atoms with van der Waals surface area (Å²) in [4.78, 5) is 19.4. The third kappa shape index (κ3) is 2.80. The fourth-order valence-corrected chi connectivity index (χ4v) is 2.53. The number of aromatic carboxylic acids is 1. The average Bonchev–Trinajstić information content (AvgIpc) is 3.25. The second-order valence-corrected chi connectivity index (χ2v) is 5.59. The maximum atomic E-state index is 11.0. The Morgan fingerprint density at radius 2 is 2.14 bits per heavy atom. The lowest BCUT2D eigenvalue weighted by molar-refractivity contribution is 0.0697. The van der Waals surface area contributed by atoms with E-state index in [-0.39, 0.29) is 17.6 Å². The molecule has 1 aromatic heterocycles. The van der Waals surface area contributed by atoms with Crippen LogP contribution < -0.4 is 5.32 Å². The molecule has 1 aliphatic carbocycles. The summed E-state index contributed by atoms with van der Waals surface area (Å²) in [6.07, 6.45) is 4.47. The van der Waals surface area contributed by atoms with Crippen molar-refractivity contribution in [3.05, 3.63) is 30.1 Å². The van der Waals surface area contributed by atoms with Crippen molar-refractivity contribution >= 4 is 22.7 Å². The minimum atomic E-state index is -0.968. The van der Waals surface area contributed by atoms with Crippen molar-refractivity contribution in [1.82, 2.24) is 9.97 Å². The summed E-state index contributed by atoms with van der Waals surface area (Å²) in [5.74, 6) is -0.258. The van der Waals surface area contributed by atoms with Gasteiger partial charge >= 0.3 is 5.97 Å². The zero-order valence-corrected chi connectivity index (χ0v) is 11.5. The molecule has 2 aromatic rings. The predicted molar refractivity (Wildman–Crippen MR) is 78.4 cm³/mol. The Bertz CT molecular complexity index is 683. The minimum Gasteiger partial charge on any atom is -0.478 e. The lowest BCUT2D eigenvalue weighted by atomic mass is 10.0. The molecule has 0 aliphatic heterocycles. The molecule has 0 bridgehead atoms. The number of hydrogen-bond acceptors (Lipinski definition) is 5. The van der Waals surface area contributed by atoms with E-state index in [4.69, 9.17) is 10.2 Å². The molecule has 21 heavy (non-hydrogen) atoms. The van der Waals surface area contributed by atoms with Gasteiger partial charge in [-0.25, -0.2) is 14.8 Å². The van der Waals surface area contributed by atoms with Gasteiger partial charge in [-0.2, -0.15) is 0 Å². The van der Waals surface area contributed by atoms with Crippen LogP contribution in [0.25, 0.3) is 10.9 Å². The molecule has 0 atom stereocenters. The van der Waals surface area contributed by atoms with Crippen molar-refractivity contribution in [2.45, 2.75) is 19.3 Å². The van der Waals surface area contributed by atoms with E-state index < -0.39 is 5.97 Å². The standard InChI is InChI=1S/C15H17N3O3/c19-6-5-15(3-4-15)8-16-13-11-2-1-10(14(20)21)7-12(11)17-9-18-13/h1-2,7,9,19H,3-6,8H2,(H,20,21)(H,16,17,18). The van der Waals surface area contributed by atoms with Crippen molar-refractivity contribution in [2.24, 2.45) is 5.41 Å². The molecular formula is C15H17N3O3. The molecular weight excluding hydrogens is 270 g/mol. The van der Waals surface area contributed by atoms with Gasteiger partial charge in [0.05, 0.1) is 11.1 Å². The van der Waals surface area contributed by atoms with Gasteiger partial charge in [-0.15, -0.1) is 0 Å². The monoisotopic (exact) mass is 287 g/mol. The van der Waals surface area contributed by atoms with Crippen LogP contribution in [0.3, 0.4) is 0 Å². The molecule has 0 saturated heterocycles. The molecule has 0 amide bonds. The van der Waals surface area contributed by atoms with Gasteiger partial charge in [0.1, 0.15) is 12.1 Å². The number of nitrogens with one attached hydrogen (secondary N) is 1. The Hall–Kier alpha value is -2.21. The first kappa shape index (κ1) is 13.8. The third-order valence-electron chi connectivity index (χ3n) is 4.11. The number of aliphatic hydroxyl groups excluding tert-OH is 1. The highest BCUT2D eigenvalue weighted by Crippen LogP contribution is 2.48. The number of aromatic nitrogens is 2. The molecule has 3 N–H and O–H groups in total. The van der Waals surface area contributed by atoms with E-state index >= 15 is 0 Å². The van der Waals surface area contributed by atoms with Gasteiger partial charge in [-0.3, -0.25) is 0 Å². The lowest BCUT2D eigenvalue weighted by Crippen LogP contribution is -2.17. The summed E-state index contributed by atoms with van der Waals surface area (Å²) in [5, 5.41) is 22.2. The van der Waals surface area contributed by atoms with Crippen LogP contribution in [0.4, 0.5) is 5.82 Å². The number of anilines is 1. The van der Waals surface area contributed by atoms with Crippen LogP contribution in [0, 0.1) is 5.41 Å². The van der Waals surface area contributed by atoms with E-state index in [1.54, 1.807) is 18.2 Å². The molecule has 0 spiro atoms. The summed E-state index contributed by atoms with van der Waals surface area (Å²) >= 11 is 0. The largest absolute Gasteiger partial charge is 0.478 e. The van der Waals surface area contributed by atoms with E-state index in [1.807, 2.05) is 0 Å². The lowest BCUT2D eigenvalue weighted by Gasteiger charge is -2.15. The Morgan fingerprint density at radius 3 is 2.81 bits per heavy atom. The molecule has 3 rings (SSSR count). The van der Waals surface area contributed by atoms with Gasteiger partial charge in [0.15, 0.2) is 0 Å². The number of nitrogens with zero attached hydrogens (tertiary/aromatic N) is 2. The van der Waals surface area contributed by atoms with E-state index in [0.717, 1.165) is 31.2 Å². The van der Waals surface area contributed by atoms with Crippen LogP contribution in [0.2, 0.25) is 0 Å². The first-order chi connectivity index (χ1) is 10.1. The van der Waals surface area contributed by atoms with Gasteiger partial charge in [0, 0.05) is 18.5 Å². The molecule has 0 unspecified atom stereocenters. The fraction of sp³-hybridized carbons (Fsp3) is 0.400. The maximum absolute atomic E-state index is 11.0. The van der Waals surface area contributed by atoms with Crippen LogP contribution in [-0.2, 0) is 0 Å². The van der Waals surface area contributed by atoms with Crippen molar-refractivity contribution in [3.63, 3.8) is 0 Å². The van der Waals surface area contributed by atoms with E-state index in [9.17, 15) is 4.79 Å². The van der Waals surface area contributed by atoms with Gasteiger partial charge in [0.2, 0.25) is 0 Å².